The van der Waals surface area contributed by atoms with E-state index in [4.69, 9.17) is 29.9 Å². The summed E-state index contributed by atoms with van der Waals surface area (Å²) >= 11 is 0. The second kappa shape index (κ2) is 19.6. The Morgan fingerprint density at radius 1 is 0.662 bits per heavy atom. The van der Waals surface area contributed by atoms with E-state index in [-0.39, 0.29) is 23.9 Å². The van der Waals surface area contributed by atoms with Crippen molar-refractivity contribution >= 4 is 62.3 Å². The van der Waals surface area contributed by atoms with Crippen molar-refractivity contribution in [2.75, 3.05) is 40.4 Å². The van der Waals surface area contributed by atoms with E-state index in [9.17, 15) is 14.4 Å². The van der Waals surface area contributed by atoms with Gasteiger partial charge in [0.05, 0.1) is 36.6 Å². The predicted octanol–water partition coefficient (Wildman–Crippen LogP) is 6.72. The fourth-order valence-electron chi connectivity index (χ4n) is 9.91. The number of hydrogen-bond acceptors (Lipinski definition) is 13. The minimum atomic E-state index is -0.583. The number of piperidine rings is 2. The molecule has 2 aromatic carbocycles. The minimum Gasteiger partial charge on any atom is -0.494 e. The fourth-order valence-corrected chi connectivity index (χ4v) is 9.91. The van der Waals surface area contributed by atoms with Crippen molar-refractivity contribution in [3.8, 4) is 34.5 Å². The molecule has 0 saturated carbocycles. The highest BCUT2D eigenvalue weighted by atomic mass is 16.6. The Labute approximate surface area is 411 Å². The average molecular weight is 967 g/mol. The highest BCUT2D eigenvalue weighted by Gasteiger charge is 2.30. The number of nitrogens with two attached hydrogens (primary N) is 1. The van der Waals surface area contributed by atoms with Crippen LogP contribution in [0, 0.1) is 0 Å². The Kier molecular flexibility index (Phi) is 13.4. The lowest BCUT2D eigenvalue weighted by Crippen LogP contribution is -2.50. The molecule has 0 aliphatic carbocycles. The number of hydrogen-bond donors (Lipinski definition) is 2. The van der Waals surface area contributed by atoms with E-state index in [1.54, 1.807) is 56.0 Å². The van der Waals surface area contributed by atoms with Gasteiger partial charge in [-0.1, -0.05) is 0 Å². The lowest BCUT2D eigenvalue weighted by Gasteiger charge is -2.33. The van der Waals surface area contributed by atoms with Crippen molar-refractivity contribution in [3.05, 3.63) is 72.3 Å². The zero-order chi connectivity index (χ0) is 50.3. The van der Waals surface area contributed by atoms with Gasteiger partial charge in [-0.05, 0) is 96.7 Å². The van der Waals surface area contributed by atoms with Crippen molar-refractivity contribution in [1.82, 2.24) is 63.3 Å². The van der Waals surface area contributed by atoms with Gasteiger partial charge in [-0.2, -0.15) is 0 Å². The first kappa shape index (κ1) is 48.4. The molecule has 2 saturated heterocycles. The Morgan fingerprint density at radius 3 is 1.58 bits per heavy atom. The van der Waals surface area contributed by atoms with Gasteiger partial charge in [0.15, 0.2) is 22.9 Å². The molecule has 0 radical (unpaired) electrons. The van der Waals surface area contributed by atoms with E-state index < -0.39 is 11.7 Å². The highest BCUT2D eigenvalue weighted by molar-refractivity contribution is 6.01. The molecule has 6 aromatic heterocycles. The zero-order valence-electron chi connectivity index (χ0n) is 41.9. The second-order valence-corrected chi connectivity index (χ2v) is 19.0. The first-order valence-electron chi connectivity index (χ1n) is 24.1. The fraction of sp³-hybridized carbons (Fsp3) is 0.431. The molecular formula is C51H62N14O6. The van der Waals surface area contributed by atoms with E-state index in [2.05, 4.69) is 48.2 Å². The summed E-state index contributed by atoms with van der Waals surface area (Å²) in [6.07, 6.45) is 9.70. The molecule has 3 N–H and O–H groups in total. The van der Waals surface area contributed by atoms with Crippen LogP contribution < -0.4 is 20.5 Å². The SMILES string of the molecule is CCn1c(-c2nc3cc(C(=O)N4CCC[C@@H](N)C4)cc(OC)c3n2C)cc2nccnc21.CCn1c(-c2nc3cc(C(=O)N4CCC[C@@H](NC(=O)OC(C)(C)C)C4)cc(OC)c3n2C)cc2nccnc21. The molecule has 20 heteroatoms. The summed E-state index contributed by atoms with van der Waals surface area (Å²) in [6.45, 7) is 13.3. The lowest BCUT2D eigenvalue weighted by atomic mass is 10.0. The molecule has 2 aliphatic rings. The van der Waals surface area contributed by atoms with Gasteiger partial charge >= 0.3 is 6.09 Å². The molecule has 71 heavy (non-hydrogen) atoms. The normalized spacial score (nSPS) is 16.4. The summed E-state index contributed by atoms with van der Waals surface area (Å²) in [4.78, 5) is 70.4. The minimum absolute atomic E-state index is 0.0259. The van der Waals surface area contributed by atoms with Gasteiger partial charge in [0, 0.05) is 101 Å². The number of alkyl carbamates (subject to hydrolysis) is 1. The Morgan fingerprint density at radius 2 is 1.13 bits per heavy atom. The predicted molar refractivity (Wildman–Crippen MR) is 270 cm³/mol. The van der Waals surface area contributed by atoms with Crippen LogP contribution in [0.2, 0.25) is 0 Å². The van der Waals surface area contributed by atoms with E-state index in [0.717, 1.165) is 95.2 Å². The lowest BCUT2D eigenvalue weighted by molar-refractivity contribution is 0.0452. The van der Waals surface area contributed by atoms with Crippen LogP contribution in [-0.2, 0) is 31.9 Å². The van der Waals surface area contributed by atoms with E-state index >= 15 is 0 Å². The molecule has 8 aromatic rings. The summed E-state index contributed by atoms with van der Waals surface area (Å²) in [5.41, 5.74) is 14.6. The summed E-state index contributed by atoms with van der Waals surface area (Å²) in [7, 11) is 7.10. The number of aromatic nitrogens is 10. The molecular weight excluding hydrogens is 905 g/mol. The van der Waals surface area contributed by atoms with E-state index in [0.29, 0.717) is 59.8 Å². The van der Waals surface area contributed by atoms with Crippen LogP contribution in [-0.4, -0.2) is 134 Å². The maximum absolute atomic E-state index is 13.6. The molecule has 2 atom stereocenters. The molecule has 8 heterocycles. The van der Waals surface area contributed by atoms with Crippen LogP contribution in [0.1, 0.15) is 81.0 Å². The average Bonchev–Trinajstić information content (AvgIpc) is 4.12. The Balaban J connectivity index is 0.000000179. The van der Waals surface area contributed by atoms with E-state index in [1.807, 2.05) is 73.2 Å². The summed E-state index contributed by atoms with van der Waals surface area (Å²) < 4.78 is 25.0. The number of carbonyl (C=O) groups is 3. The number of nitrogens with zero attached hydrogens (tertiary/aromatic N) is 12. The monoisotopic (exact) mass is 966 g/mol. The quantitative estimate of drug-likeness (QED) is 0.154. The number of aryl methyl sites for hydroxylation is 4. The molecule has 3 amide bonds. The number of carbonyl (C=O) groups excluding carboxylic acids is 3. The van der Waals surface area contributed by atoms with Crippen LogP contribution >= 0.6 is 0 Å². The number of nitrogens with one attached hydrogen (secondary N) is 1. The van der Waals surface area contributed by atoms with Crippen molar-refractivity contribution in [2.24, 2.45) is 19.8 Å². The standard InChI is InChI=1S/C28H35N7O4.C23H27N7O2/c1-7-35-21(15-20-24(35)30-11-10-29-20)25-32-19-13-17(14-22(38-6)23(19)33(25)5)26(36)34-12-8-9-18(16-34)31-27(37)39-28(2,3)4;1-4-30-18(12-17-21(30)26-8-7-25-17)22-27-16-10-14(11-19(32-3)20(16)28(22)2)23(31)29-9-5-6-15(24)13-29/h10-11,13-15,18H,7-9,12,16H2,1-6H3,(H,31,37);7-8,10-12,15H,4-6,9,13,24H2,1-3H3/t18-;15-/m11/s1. The smallest absolute Gasteiger partial charge is 0.407 e. The molecule has 20 nitrogen and oxygen atoms in total. The van der Waals surface area contributed by atoms with Crippen LogP contribution in [0.3, 0.4) is 0 Å². The van der Waals surface area contributed by atoms with Gasteiger partial charge in [-0.3, -0.25) is 19.6 Å². The third kappa shape index (κ3) is 9.42. The van der Waals surface area contributed by atoms with Crippen LogP contribution in [0.25, 0.3) is 67.4 Å². The number of likely N-dealkylation sites (tertiary alicyclic amines) is 2. The van der Waals surface area contributed by atoms with Gasteiger partial charge < -0.3 is 53.3 Å². The summed E-state index contributed by atoms with van der Waals surface area (Å²) in [5, 5.41) is 2.91. The van der Waals surface area contributed by atoms with Crippen LogP contribution in [0.5, 0.6) is 11.5 Å². The number of amides is 3. The molecule has 372 valence electrons. The van der Waals surface area contributed by atoms with Gasteiger partial charge in [0.25, 0.3) is 11.8 Å². The third-order valence-electron chi connectivity index (χ3n) is 13.1. The zero-order valence-corrected chi connectivity index (χ0v) is 41.9. The number of methoxy groups -OCH3 is 2. The molecule has 2 aliphatic heterocycles. The highest BCUT2D eigenvalue weighted by Crippen LogP contribution is 2.36. The second-order valence-electron chi connectivity index (χ2n) is 19.0. The van der Waals surface area contributed by atoms with Gasteiger partial charge in [-0.25, -0.2) is 24.7 Å². The van der Waals surface area contributed by atoms with Crippen LogP contribution in [0.15, 0.2) is 61.2 Å². The van der Waals surface area contributed by atoms with Gasteiger partial charge in [-0.15, -0.1) is 0 Å². The van der Waals surface area contributed by atoms with Crippen molar-refractivity contribution < 1.29 is 28.6 Å². The molecule has 0 bridgehead atoms. The van der Waals surface area contributed by atoms with E-state index in [1.165, 1.54) is 0 Å². The maximum atomic E-state index is 13.6. The largest absolute Gasteiger partial charge is 0.494 e. The topological polar surface area (TPSA) is 220 Å². The first-order chi connectivity index (χ1) is 34.1. The van der Waals surface area contributed by atoms with Gasteiger partial charge in [0.1, 0.15) is 39.2 Å². The number of rotatable bonds is 9. The number of fused-ring (bicyclic) bond motifs is 4. The number of benzene rings is 2. The maximum Gasteiger partial charge on any atom is 0.407 e. The van der Waals surface area contributed by atoms with Crippen molar-refractivity contribution in [1.29, 1.82) is 0 Å². The van der Waals surface area contributed by atoms with Gasteiger partial charge in [0.2, 0.25) is 0 Å². The molecule has 0 spiro atoms. The molecule has 0 unspecified atom stereocenters. The molecule has 2 fully saturated rings. The van der Waals surface area contributed by atoms with Crippen LogP contribution in [0.4, 0.5) is 4.79 Å². The summed E-state index contributed by atoms with van der Waals surface area (Å²) in [5.74, 6) is 2.51. The Hall–Kier alpha value is -7.61. The van der Waals surface area contributed by atoms with Crippen molar-refractivity contribution in [3.63, 3.8) is 0 Å². The first-order valence-corrected chi connectivity index (χ1v) is 24.1. The Bertz CT molecular complexity index is 3310. The molecule has 10 rings (SSSR count). The number of ether oxygens (including phenoxy) is 3. The summed E-state index contributed by atoms with van der Waals surface area (Å²) in [6, 6.07) is 11.1. The van der Waals surface area contributed by atoms with Crippen molar-refractivity contribution in [2.45, 2.75) is 91.1 Å². The number of imidazole rings is 2. The third-order valence-corrected chi connectivity index (χ3v) is 13.1.